The van der Waals surface area contributed by atoms with Crippen molar-refractivity contribution in [2.24, 2.45) is 0 Å². The van der Waals surface area contributed by atoms with E-state index in [0.717, 1.165) is 28.3 Å². The van der Waals surface area contributed by atoms with Crippen LogP contribution in [0.5, 0.6) is 5.75 Å². The Labute approximate surface area is 115 Å². The number of aromatic amines is 1. The van der Waals surface area contributed by atoms with Gasteiger partial charge in [-0.1, -0.05) is 0 Å². The van der Waals surface area contributed by atoms with Crippen LogP contribution >= 0.6 is 12.2 Å². The second-order valence-corrected chi connectivity index (χ2v) is 4.80. The molecule has 1 aromatic carbocycles. The van der Waals surface area contributed by atoms with Crippen molar-refractivity contribution in [3.8, 4) is 5.75 Å². The van der Waals surface area contributed by atoms with E-state index in [1.165, 1.54) is 0 Å². The highest BCUT2D eigenvalue weighted by Gasteiger charge is 2.08. The Kier molecular flexibility index (Phi) is 2.91. The van der Waals surface area contributed by atoms with Crippen molar-refractivity contribution in [2.45, 2.75) is 13.5 Å². The van der Waals surface area contributed by atoms with Gasteiger partial charge in [0.15, 0.2) is 4.77 Å². The summed E-state index contributed by atoms with van der Waals surface area (Å²) >= 11 is 5.36. The fraction of sp³-hybridized carbons (Fsp3) is 0.214. The van der Waals surface area contributed by atoms with Gasteiger partial charge in [0.2, 0.25) is 0 Å². The van der Waals surface area contributed by atoms with Crippen LogP contribution in [0.1, 0.15) is 11.5 Å². The number of hydrogen-bond donors (Lipinski definition) is 1. The molecule has 0 aliphatic heterocycles. The van der Waals surface area contributed by atoms with Crippen LogP contribution in [0.15, 0.2) is 34.7 Å². The quantitative estimate of drug-likeness (QED) is 0.741. The zero-order valence-corrected chi connectivity index (χ0v) is 11.6. The molecule has 0 atom stereocenters. The number of fused-ring (bicyclic) bond motifs is 1. The van der Waals surface area contributed by atoms with Crippen LogP contribution in [-0.2, 0) is 6.54 Å². The van der Waals surface area contributed by atoms with Crippen LogP contribution in [0, 0.1) is 11.7 Å². The minimum atomic E-state index is 0.624. The molecule has 4 nitrogen and oxygen atoms in total. The molecular formula is C14H14N2O2S. The molecule has 1 N–H and O–H groups in total. The number of ether oxygens (including phenoxy) is 1. The van der Waals surface area contributed by atoms with Crippen LogP contribution < -0.4 is 4.74 Å². The van der Waals surface area contributed by atoms with Crippen molar-refractivity contribution in [1.82, 2.24) is 9.55 Å². The third-order valence-corrected chi connectivity index (χ3v) is 3.41. The maximum Gasteiger partial charge on any atom is 0.178 e. The van der Waals surface area contributed by atoms with Gasteiger partial charge < -0.3 is 18.7 Å². The number of aryl methyl sites for hydroxylation is 1. The van der Waals surface area contributed by atoms with E-state index in [-0.39, 0.29) is 0 Å². The molecule has 0 spiro atoms. The summed E-state index contributed by atoms with van der Waals surface area (Å²) in [5.74, 6) is 2.61. The number of imidazole rings is 1. The van der Waals surface area contributed by atoms with Crippen LogP contribution in [0.2, 0.25) is 0 Å². The van der Waals surface area contributed by atoms with Gasteiger partial charge in [-0.15, -0.1) is 0 Å². The predicted octanol–water partition coefficient (Wildman–Crippen LogP) is 3.66. The molecule has 0 bridgehead atoms. The molecule has 2 heterocycles. The second-order valence-electron chi connectivity index (χ2n) is 4.41. The van der Waals surface area contributed by atoms with Gasteiger partial charge in [0.1, 0.15) is 17.3 Å². The van der Waals surface area contributed by atoms with Crippen molar-refractivity contribution in [3.05, 3.63) is 46.6 Å². The third-order valence-electron chi connectivity index (χ3n) is 3.09. The first-order chi connectivity index (χ1) is 9.17. The molecule has 2 aromatic heterocycles. The van der Waals surface area contributed by atoms with Crippen molar-refractivity contribution in [1.29, 1.82) is 0 Å². The summed E-state index contributed by atoms with van der Waals surface area (Å²) in [5, 5.41) is 0. The maximum atomic E-state index is 5.60. The number of rotatable bonds is 3. The first-order valence-corrected chi connectivity index (χ1v) is 6.40. The lowest BCUT2D eigenvalue weighted by atomic mass is 10.3. The highest BCUT2D eigenvalue weighted by Crippen LogP contribution is 2.21. The van der Waals surface area contributed by atoms with Gasteiger partial charge in [-0.2, -0.15) is 0 Å². The number of hydrogen-bond acceptors (Lipinski definition) is 3. The van der Waals surface area contributed by atoms with Crippen LogP contribution in [0.3, 0.4) is 0 Å². The molecule has 0 aliphatic carbocycles. The molecule has 3 aromatic rings. The first kappa shape index (κ1) is 12.0. The highest BCUT2D eigenvalue weighted by molar-refractivity contribution is 7.71. The number of methoxy groups -OCH3 is 1. The third kappa shape index (κ3) is 2.17. The largest absolute Gasteiger partial charge is 0.497 e. The maximum absolute atomic E-state index is 5.60. The normalized spacial score (nSPS) is 11.1. The lowest BCUT2D eigenvalue weighted by Crippen LogP contribution is -1.98. The van der Waals surface area contributed by atoms with Crippen molar-refractivity contribution in [2.75, 3.05) is 7.11 Å². The van der Waals surface area contributed by atoms with Crippen LogP contribution in [-0.4, -0.2) is 16.7 Å². The molecule has 0 unspecified atom stereocenters. The summed E-state index contributed by atoms with van der Waals surface area (Å²) in [5.41, 5.74) is 2.01. The predicted molar refractivity (Wildman–Crippen MR) is 76.2 cm³/mol. The minimum absolute atomic E-state index is 0.624. The number of aromatic nitrogens is 2. The average Bonchev–Trinajstić information content (AvgIpc) is 2.94. The molecule has 0 radical (unpaired) electrons. The molecule has 0 saturated heterocycles. The van der Waals surface area contributed by atoms with Gasteiger partial charge in [-0.3, -0.25) is 0 Å². The lowest BCUT2D eigenvalue weighted by Gasteiger charge is -2.03. The van der Waals surface area contributed by atoms with Gasteiger partial charge in [-0.25, -0.2) is 0 Å². The van der Waals surface area contributed by atoms with Gasteiger partial charge in [0.05, 0.1) is 24.7 Å². The van der Waals surface area contributed by atoms with Crippen molar-refractivity contribution < 1.29 is 9.15 Å². The second kappa shape index (κ2) is 4.59. The Morgan fingerprint density at radius 2 is 2.16 bits per heavy atom. The first-order valence-electron chi connectivity index (χ1n) is 5.99. The number of nitrogens with zero attached hydrogens (tertiary/aromatic N) is 1. The van der Waals surface area contributed by atoms with Gasteiger partial charge in [0.25, 0.3) is 0 Å². The van der Waals surface area contributed by atoms with Gasteiger partial charge in [-0.05, 0) is 43.4 Å². The summed E-state index contributed by atoms with van der Waals surface area (Å²) in [6.45, 7) is 2.56. The summed E-state index contributed by atoms with van der Waals surface area (Å²) in [6, 6.07) is 9.79. The smallest absolute Gasteiger partial charge is 0.178 e. The van der Waals surface area contributed by atoms with E-state index in [1.54, 1.807) is 7.11 Å². The van der Waals surface area contributed by atoms with E-state index in [2.05, 4.69) is 4.98 Å². The van der Waals surface area contributed by atoms with E-state index < -0.39 is 0 Å². The summed E-state index contributed by atoms with van der Waals surface area (Å²) < 4.78 is 13.5. The Morgan fingerprint density at radius 1 is 1.32 bits per heavy atom. The van der Waals surface area contributed by atoms with E-state index in [4.69, 9.17) is 21.4 Å². The summed E-state index contributed by atoms with van der Waals surface area (Å²) in [6.07, 6.45) is 0. The molecule has 3 rings (SSSR count). The van der Waals surface area contributed by atoms with E-state index >= 15 is 0 Å². The SMILES string of the molecule is COc1ccc2c(c1)[nH]c(=S)n2Cc1ccc(C)o1. The van der Waals surface area contributed by atoms with E-state index in [0.29, 0.717) is 11.3 Å². The van der Waals surface area contributed by atoms with Crippen LogP contribution in [0.4, 0.5) is 0 Å². The molecule has 5 heteroatoms. The summed E-state index contributed by atoms with van der Waals surface area (Å²) in [7, 11) is 1.65. The lowest BCUT2D eigenvalue weighted by molar-refractivity contribution is 0.415. The molecule has 0 amide bonds. The fourth-order valence-corrected chi connectivity index (χ4v) is 2.43. The Balaban J connectivity index is 2.08. The molecule has 0 fully saturated rings. The Morgan fingerprint density at radius 3 is 2.84 bits per heavy atom. The molecule has 0 saturated carbocycles. The standard InChI is InChI=1S/C14H14N2O2S/c1-9-3-4-11(18-9)8-16-13-6-5-10(17-2)7-12(13)15-14(16)19/h3-7H,8H2,1-2H3,(H,15,19). The Bertz CT molecular complexity index is 782. The van der Waals surface area contributed by atoms with Crippen LogP contribution in [0.25, 0.3) is 11.0 Å². The fourth-order valence-electron chi connectivity index (χ4n) is 2.15. The number of nitrogens with one attached hydrogen (secondary N) is 1. The van der Waals surface area contributed by atoms with Gasteiger partial charge >= 0.3 is 0 Å². The van der Waals surface area contributed by atoms with Crippen molar-refractivity contribution >= 4 is 23.3 Å². The van der Waals surface area contributed by atoms with E-state index in [1.807, 2.05) is 41.8 Å². The topological polar surface area (TPSA) is 43.1 Å². The molecule has 98 valence electrons. The number of benzene rings is 1. The van der Waals surface area contributed by atoms with E-state index in [9.17, 15) is 0 Å². The van der Waals surface area contributed by atoms with Crippen molar-refractivity contribution in [3.63, 3.8) is 0 Å². The highest BCUT2D eigenvalue weighted by atomic mass is 32.1. The molecule has 0 aliphatic rings. The average molecular weight is 274 g/mol. The number of furan rings is 1. The van der Waals surface area contributed by atoms with Gasteiger partial charge in [0, 0.05) is 6.07 Å². The molecule has 19 heavy (non-hydrogen) atoms. The minimum Gasteiger partial charge on any atom is -0.497 e. The zero-order valence-electron chi connectivity index (χ0n) is 10.8. The number of H-pyrrole nitrogens is 1. The molecular weight excluding hydrogens is 260 g/mol. The monoisotopic (exact) mass is 274 g/mol. The summed E-state index contributed by atoms with van der Waals surface area (Å²) in [4.78, 5) is 3.18. The zero-order chi connectivity index (χ0) is 13.4. The Hall–Kier alpha value is -2.01.